The van der Waals surface area contributed by atoms with Crippen molar-refractivity contribution in [1.82, 2.24) is 0 Å². The first-order valence-electron chi connectivity index (χ1n) is 6.80. The number of ketones is 1. The lowest BCUT2D eigenvalue weighted by molar-refractivity contribution is -0.178. The molecule has 2 rings (SSSR count). The average molecular weight is 292 g/mol. The molecule has 0 aliphatic carbocycles. The predicted molar refractivity (Wildman–Crippen MR) is 76.3 cm³/mol. The Morgan fingerprint density at radius 3 is 2.29 bits per heavy atom. The molecule has 1 aromatic carbocycles. The summed E-state index contributed by atoms with van der Waals surface area (Å²) in [5.41, 5.74) is -0.371. The van der Waals surface area contributed by atoms with Gasteiger partial charge in [-0.25, -0.2) is 0 Å². The topological polar surface area (TPSA) is 61.8 Å². The van der Waals surface area contributed by atoms with Crippen molar-refractivity contribution in [2.45, 2.75) is 26.9 Å². The highest BCUT2D eigenvalue weighted by Gasteiger charge is 2.49. The van der Waals surface area contributed by atoms with E-state index in [-0.39, 0.29) is 5.78 Å². The van der Waals surface area contributed by atoms with Crippen LogP contribution in [0.25, 0.3) is 0 Å². The van der Waals surface area contributed by atoms with Crippen molar-refractivity contribution in [3.05, 3.63) is 23.8 Å². The summed E-state index contributed by atoms with van der Waals surface area (Å²) in [5.74, 6) is 0.109. The highest BCUT2D eigenvalue weighted by atomic mass is 16.5. The SMILES string of the molecule is COc1ccc([C@H]2OC(=O)C(C)(C)C(=O)[C@@H]2C)cc1OC. The van der Waals surface area contributed by atoms with E-state index >= 15 is 0 Å². The Balaban J connectivity index is 2.38. The van der Waals surface area contributed by atoms with E-state index in [1.54, 1.807) is 46.1 Å². The van der Waals surface area contributed by atoms with Gasteiger partial charge in [-0.1, -0.05) is 13.0 Å². The van der Waals surface area contributed by atoms with E-state index in [9.17, 15) is 9.59 Å². The molecule has 0 aromatic heterocycles. The minimum Gasteiger partial charge on any atom is -0.493 e. The number of benzene rings is 1. The van der Waals surface area contributed by atoms with Crippen molar-refractivity contribution in [2.24, 2.45) is 11.3 Å². The first-order valence-corrected chi connectivity index (χ1v) is 6.80. The summed E-state index contributed by atoms with van der Waals surface area (Å²) < 4.78 is 15.9. The van der Waals surface area contributed by atoms with Gasteiger partial charge in [0.15, 0.2) is 17.3 Å². The lowest BCUT2D eigenvalue weighted by Gasteiger charge is -2.36. The highest BCUT2D eigenvalue weighted by Crippen LogP contribution is 2.41. The molecule has 0 radical (unpaired) electrons. The van der Waals surface area contributed by atoms with Gasteiger partial charge in [0.25, 0.3) is 0 Å². The monoisotopic (exact) mass is 292 g/mol. The zero-order valence-corrected chi connectivity index (χ0v) is 12.9. The largest absolute Gasteiger partial charge is 0.493 e. The Bertz CT molecular complexity index is 576. The summed E-state index contributed by atoms with van der Waals surface area (Å²) in [6, 6.07) is 5.25. The maximum absolute atomic E-state index is 12.4. The van der Waals surface area contributed by atoms with Crippen LogP contribution in [0.2, 0.25) is 0 Å². The fraction of sp³-hybridized carbons (Fsp3) is 0.500. The molecule has 1 heterocycles. The maximum atomic E-state index is 12.4. The highest BCUT2D eigenvalue weighted by molar-refractivity contribution is 6.06. The molecular formula is C16H20O5. The van der Waals surface area contributed by atoms with Gasteiger partial charge in [-0.05, 0) is 31.5 Å². The second-order valence-corrected chi connectivity index (χ2v) is 5.72. The summed E-state index contributed by atoms with van der Waals surface area (Å²) in [6.45, 7) is 4.97. The molecule has 0 amide bonds. The number of hydrogen-bond acceptors (Lipinski definition) is 5. The van der Waals surface area contributed by atoms with Crippen molar-refractivity contribution in [1.29, 1.82) is 0 Å². The standard InChI is InChI=1S/C16H20O5/c1-9-13(21-15(18)16(2,3)14(9)17)10-6-7-11(19-4)12(8-10)20-5/h6-9,13H,1-5H3/t9-,13+/m1/s1. The van der Waals surface area contributed by atoms with E-state index in [4.69, 9.17) is 14.2 Å². The molecule has 2 atom stereocenters. The molecule has 5 nitrogen and oxygen atoms in total. The Kier molecular flexibility index (Phi) is 3.94. The van der Waals surface area contributed by atoms with Gasteiger partial charge in [-0.3, -0.25) is 9.59 Å². The van der Waals surface area contributed by atoms with Crippen molar-refractivity contribution < 1.29 is 23.8 Å². The van der Waals surface area contributed by atoms with Crippen LogP contribution in [0.1, 0.15) is 32.4 Å². The van der Waals surface area contributed by atoms with Crippen LogP contribution in [0.15, 0.2) is 18.2 Å². The second-order valence-electron chi connectivity index (χ2n) is 5.72. The van der Waals surface area contributed by atoms with Crippen LogP contribution in [0.4, 0.5) is 0 Å². The van der Waals surface area contributed by atoms with E-state index in [0.717, 1.165) is 5.56 Å². The van der Waals surface area contributed by atoms with E-state index in [2.05, 4.69) is 0 Å². The van der Waals surface area contributed by atoms with Crippen LogP contribution in [0.3, 0.4) is 0 Å². The third-order valence-corrected chi connectivity index (χ3v) is 3.96. The van der Waals surface area contributed by atoms with E-state index < -0.39 is 23.4 Å². The smallest absolute Gasteiger partial charge is 0.319 e. The second kappa shape index (κ2) is 5.39. The fourth-order valence-electron chi connectivity index (χ4n) is 2.56. The molecule has 0 spiro atoms. The Morgan fingerprint density at radius 2 is 1.71 bits per heavy atom. The van der Waals surface area contributed by atoms with Crippen LogP contribution < -0.4 is 9.47 Å². The summed E-state index contributed by atoms with van der Waals surface area (Å²) in [7, 11) is 3.08. The minimum atomic E-state index is -1.09. The quantitative estimate of drug-likeness (QED) is 0.633. The predicted octanol–water partition coefficient (Wildman–Crippen LogP) is 2.53. The third-order valence-electron chi connectivity index (χ3n) is 3.96. The summed E-state index contributed by atoms with van der Waals surface area (Å²) in [5, 5.41) is 0. The summed E-state index contributed by atoms with van der Waals surface area (Å²) >= 11 is 0. The summed E-state index contributed by atoms with van der Waals surface area (Å²) in [4.78, 5) is 24.4. The maximum Gasteiger partial charge on any atom is 0.319 e. The molecule has 114 valence electrons. The third kappa shape index (κ3) is 2.48. The van der Waals surface area contributed by atoms with Gasteiger partial charge in [0.2, 0.25) is 0 Å². The van der Waals surface area contributed by atoms with Crippen molar-refractivity contribution in [3.8, 4) is 11.5 Å². The molecule has 0 unspecified atom stereocenters. The van der Waals surface area contributed by atoms with E-state index in [1.165, 1.54) is 7.11 Å². The zero-order valence-electron chi connectivity index (χ0n) is 12.9. The van der Waals surface area contributed by atoms with Gasteiger partial charge in [-0.15, -0.1) is 0 Å². The van der Waals surface area contributed by atoms with Crippen LogP contribution in [-0.2, 0) is 14.3 Å². The number of methoxy groups -OCH3 is 2. The number of carbonyl (C=O) groups is 2. The first kappa shape index (κ1) is 15.4. The molecule has 0 saturated carbocycles. The van der Waals surface area contributed by atoms with Crippen LogP contribution >= 0.6 is 0 Å². The van der Waals surface area contributed by atoms with Gasteiger partial charge < -0.3 is 14.2 Å². The number of esters is 1. The van der Waals surface area contributed by atoms with Crippen LogP contribution in [0.5, 0.6) is 11.5 Å². The number of rotatable bonds is 3. The Labute approximate surface area is 124 Å². The molecule has 1 fully saturated rings. The number of Topliss-reactive ketones (excluding diaryl/α,β-unsaturated/α-hetero) is 1. The molecule has 1 aromatic rings. The van der Waals surface area contributed by atoms with E-state index in [0.29, 0.717) is 11.5 Å². The number of ether oxygens (including phenoxy) is 3. The van der Waals surface area contributed by atoms with Gasteiger partial charge in [0, 0.05) is 0 Å². The first-order chi connectivity index (χ1) is 9.82. The van der Waals surface area contributed by atoms with Gasteiger partial charge >= 0.3 is 5.97 Å². The van der Waals surface area contributed by atoms with E-state index in [1.807, 2.05) is 0 Å². The molecule has 1 aliphatic rings. The zero-order chi connectivity index (χ0) is 15.8. The van der Waals surface area contributed by atoms with Crippen molar-refractivity contribution in [2.75, 3.05) is 14.2 Å². The number of carbonyl (C=O) groups excluding carboxylic acids is 2. The average Bonchev–Trinajstić information content (AvgIpc) is 2.48. The van der Waals surface area contributed by atoms with Gasteiger partial charge in [0.1, 0.15) is 11.5 Å². The lowest BCUT2D eigenvalue weighted by atomic mass is 9.76. The molecule has 21 heavy (non-hydrogen) atoms. The van der Waals surface area contributed by atoms with Gasteiger partial charge in [0.05, 0.1) is 20.1 Å². The lowest BCUT2D eigenvalue weighted by Crippen LogP contribution is -2.46. The van der Waals surface area contributed by atoms with Crippen molar-refractivity contribution in [3.63, 3.8) is 0 Å². The van der Waals surface area contributed by atoms with Crippen LogP contribution in [0, 0.1) is 11.3 Å². The molecular weight excluding hydrogens is 272 g/mol. The number of cyclic esters (lactones) is 1. The Hall–Kier alpha value is -2.04. The van der Waals surface area contributed by atoms with Gasteiger partial charge in [-0.2, -0.15) is 0 Å². The molecule has 0 bridgehead atoms. The molecule has 1 saturated heterocycles. The minimum absolute atomic E-state index is 0.112. The van der Waals surface area contributed by atoms with Crippen LogP contribution in [-0.4, -0.2) is 26.0 Å². The summed E-state index contributed by atoms with van der Waals surface area (Å²) in [6.07, 6.45) is -0.599. The fourth-order valence-corrected chi connectivity index (χ4v) is 2.56. The molecule has 5 heteroatoms. The Morgan fingerprint density at radius 1 is 1.10 bits per heavy atom. The van der Waals surface area contributed by atoms with Crippen molar-refractivity contribution >= 4 is 11.8 Å². The number of hydrogen-bond donors (Lipinski definition) is 0. The molecule has 1 aliphatic heterocycles. The normalized spacial score (nSPS) is 24.4. The molecule has 0 N–H and O–H groups in total.